The number of hydrogen-bond donors (Lipinski definition) is 7. The fourth-order valence-corrected chi connectivity index (χ4v) is 8.99. The number of carbonyl (C=O) groups excluding carboxylic acids is 7. The lowest BCUT2D eigenvalue weighted by Gasteiger charge is -2.42. The monoisotopic (exact) mass is 1050 g/mol. The van der Waals surface area contributed by atoms with E-state index in [2.05, 4.69) is 21.3 Å². The van der Waals surface area contributed by atoms with E-state index >= 15 is 0 Å². The van der Waals surface area contributed by atoms with E-state index in [0.717, 1.165) is 16.0 Å². The molecule has 2 aromatic rings. The Morgan fingerprint density at radius 1 is 1.08 bits per heavy atom. The van der Waals surface area contributed by atoms with Gasteiger partial charge in [0.25, 0.3) is 0 Å². The van der Waals surface area contributed by atoms with Gasteiger partial charge in [0.05, 0.1) is 31.4 Å². The Hall–Kier alpha value is -6.46. The van der Waals surface area contributed by atoms with Crippen LogP contribution in [-0.2, 0) is 55.9 Å². The Labute approximate surface area is 436 Å². The number of allylic oxidation sites excluding steroid dienone is 3. The number of anilines is 2. The second-order valence-corrected chi connectivity index (χ2v) is 19.9. The highest BCUT2D eigenvalue weighted by atomic mass is 35.5. The first kappa shape index (κ1) is 58.4. The molecular formula is C51H71ClN8O14. The minimum absolute atomic E-state index is 0.113. The molecule has 0 aromatic heterocycles. The van der Waals surface area contributed by atoms with Gasteiger partial charge in [0.15, 0.2) is 5.72 Å². The highest BCUT2D eigenvalue weighted by Gasteiger charge is 2.64. The maximum Gasteiger partial charge on any atom is 0.410 e. The van der Waals surface area contributed by atoms with Crippen molar-refractivity contribution >= 4 is 64.9 Å². The van der Waals surface area contributed by atoms with Crippen LogP contribution in [0.5, 0.6) is 5.75 Å². The molecule has 406 valence electrons. The van der Waals surface area contributed by atoms with Crippen LogP contribution in [0.15, 0.2) is 60.2 Å². The van der Waals surface area contributed by atoms with Gasteiger partial charge in [-0.2, -0.15) is 0 Å². The quantitative estimate of drug-likeness (QED) is 0.0537. The second-order valence-electron chi connectivity index (χ2n) is 19.5. The summed E-state index contributed by atoms with van der Waals surface area (Å²) >= 11 is 6.81. The van der Waals surface area contributed by atoms with Gasteiger partial charge in [-0.25, -0.2) is 19.2 Å². The molecule has 0 spiro atoms. The predicted octanol–water partition coefficient (Wildman–Crippen LogP) is 4.18. The number of amides is 7. The van der Waals surface area contributed by atoms with E-state index in [-0.39, 0.29) is 36.9 Å². The van der Waals surface area contributed by atoms with E-state index in [4.69, 9.17) is 51.5 Å². The second kappa shape index (κ2) is 25.2. The maximum absolute atomic E-state index is 14.4. The normalized spacial score (nSPS) is 26.3. The molecule has 0 saturated carbocycles. The van der Waals surface area contributed by atoms with Gasteiger partial charge in [0.2, 0.25) is 17.7 Å². The number of nitrogens with two attached hydrogens (primary N) is 2. The molecule has 5 rings (SSSR count). The van der Waals surface area contributed by atoms with Gasteiger partial charge in [-0.1, -0.05) is 68.3 Å². The molecule has 74 heavy (non-hydrogen) atoms. The molecule has 22 nitrogen and oxygen atoms in total. The zero-order valence-corrected chi connectivity index (χ0v) is 44.3. The standard InChI is InChI=1S/C51H71ClN8O14/c1-27(2)42(53)45(63)57-34(14-12-20-55-47(54)65)44(62)56-33-18-16-31(17-19-33)26-71-49(67)59(7)30(5)46(64)73-39-24-40(61)60(8)35-22-32(23-36(69-9)41(35)52)21-28(3)13-11-15-38(70-10)51(68)25-37(72-48(66)58-51)29(4)43-50(39,6)74-43/h11,13,15-19,22-23,27,29-30,34,37-39,42-43,68H,12,14,20-21,24-26,53H2,1-10H3,(H,56,62)(H,57,63)(H,58,66)(H3,54,55,65)/b15-11+,28-13+/t29-,30+,34+,37+,38-,39+,42+,43+,50+,51+/m1/s1. The number of aliphatic hydroxyl groups is 1. The third kappa shape index (κ3) is 14.6. The first-order chi connectivity index (χ1) is 34.8. The molecule has 10 atom stereocenters. The zero-order chi connectivity index (χ0) is 54.8. The molecule has 0 radical (unpaired) electrons. The third-order valence-corrected chi connectivity index (χ3v) is 14.0. The Balaban J connectivity index is 1.31. The van der Waals surface area contributed by atoms with Crippen molar-refractivity contribution in [2.75, 3.05) is 45.1 Å². The number of nitrogens with zero attached hydrogens (tertiary/aromatic N) is 2. The predicted molar refractivity (Wildman–Crippen MR) is 273 cm³/mol. The summed E-state index contributed by atoms with van der Waals surface area (Å²) in [4.78, 5) is 94.5. The lowest BCUT2D eigenvalue weighted by atomic mass is 9.83. The van der Waals surface area contributed by atoms with Crippen LogP contribution in [-0.4, -0.2) is 141 Å². The number of fused-ring (bicyclic) bond motifs is 5. The smallest absolute Gasteiger partial charge is 0.410 e. The van der Waals surface area contributed by atoms with Crippen molar-refractivity contribution in [3.8, 4) is 5.75 Å². The van der Waals surface area contributed by atoms with Gasteiger partial charge >= 0.3 is 24.2 Å². The van der Waals surface area contributed by atoms with Crippen LogP contribution in [0, 0.1) is 11.8 Å². The fraction of sp³-hybridized carbons (Fsp3) is 0.549. The molecule has 0 aliphatic carbocycles. The first-order valence-electron chi connectivity index (χ1n) is 24.3. The summed E-state index contributed by atoms with van der Waals surface area (Å²) in [5, 5.41) is 22.4. The van der Waals surface area contributed by atoms with Crippen molar-refractivity contribution in [2.45, 2.75) is 134 Å². The van der Waals surface area contributed by atoms with Crippen molar-refractivity contribution in [3.05, 3.63) is 76.3 Å². The van der Waals surface area contributed by atoms with E-state index in [1.807, 2.05) is 13.0 Å². The molecule has 3 heterocycles. The van der Waals surface area contributed by atoms with Crippen molar-refractivity contribution in [3.63, 3.8) is 0 Å². The van der Waals surface area contributed by atoms with Gasteiger partial charge in [-0.3, -0.25) is 24.6 Å². The number of alkyl carbamates (subject to hydrolysis) is 1. The van der Waals surface area contributed by atoms with Crippen LogP contribution in [0.4, 0.5) is 25.8 Å². The number of rotatable bonds is 16. The topological polar surface area (TPSA) is 305 Å². The number of carbonyl (C=O) groups is 7. The highest BCUT2D eigenvalue weighted by molar-refractivity contribution is 6.35. The summed E-state index contributed by atoms with van der Waals surface area (Å²) in [5.74, 6) is -2.91. The van der Waals surface area contributed by atoms with E-state index in [1.54, 1.807) is 76.2 Å². The number of epoxide rings is 1. The zero-order valence-electron chi connectivity index (χ0n) is 43.5. The van der Waals surface area contributed by atoms with Crippen molar-refractivity contribution in [1.29, 1.82) is 0 Å². The molecule has 2 saturated heterocycles. The number of hydrogen-bond acceptors (Lipinski definition) is 15. The summed E-state index contributed by atoms with van der Waals surface area (Å²) in [7, 11) is 5.74. The lowest BCUT2D eigenvalue weighted by Crippen LogP contribution is -2.63. The summed E-state index contributed by atoms with van der Waals surface area (Å²) in [6.45, 7) is 10.3. The summed E-state index contributed by atoms with van der Waals surface area (Å²) < 4.78 is 34.9. The largest absolute Gasteiger partial charge is 0.495 e. The molecule has 0 unspecified atom stereocenters. The van der Waals surface area contributed by atoms with E-state index in [0.29, 0.717) is 35.5 Å². The number of urea groups is 1. The van der Waals surface area contributed by atoms with Gasteiger partial charge in [-0.15, -0.1) is 0 Å². The molecular weight excluding hydrogens is 984 g/mol. The molecule has 3 aliphatic heterocycles. The van der Waals surface area contributed by atoms with Gasteiger partial charge in [-0.05, 0) is 81.3 Å². The molecule has 2 fully saturated rings. The number of esters is 1. The lowest BCUT2D eigenvalue weighted by molar-refractivity contribution is -0.158. The van der Waals surface area contributed by atoms with E-state index in [1.165, 1.54) is 40.1 Å². The highest BCUT2D eigenvalue weighted by Crippen LogP contribution is 2.49. The summed E-state index contributed by atoms with van der Waals surface area (Å²) in [6, 6.07) is 6.09. The Morgan fingerprint density at radius 2 is 1.77 bits per heavy atom. The van der Waals surface area contributed by atoms with Crippen molar-refractivity contribution < 1.29 is 67.1 Å². The molecule has 3 aliphatic rings. The molecule has 23 heteroatoms. The average Bonchev–Trinajstić information content (AvgIpc) is 4.05. The maximum atomic E-state index is 14.4. The minimum Gasteiger partial charge on any atom is -0.495 e. The first-order valence-corrected chi connectivity index (χ1v) is 24.7. The van der Waals surface area contributed by atoms with Crippen LogP contribution in [0.3, 0.4) is 0 Å². The fourth-order valence-electron chi connectivity index (χ4n) is 8.68. The summed E-state index contributed by atoms with van der Waals surface area (Å²) in [5.41, 5.74) is 10.8. The van der Waals surface area contributed by atoms with Crippen LogP contribution in [0.2, 0.25) is 5.02 Å². The Kier molecular flexibility index (Phi) is 19.9. The SMILES string of the molecule is COc1cc2cc(c1Cl)N(C)C(=O)C[C@H](OC(=O)[C@H](C)N(C)C(=O)OCc1ccc(NC(=O)[C@H](CCCNC(N)=O)NC(=O)[C@@H](N)C(C)C)cc1)[C@]1(C)O[C@H]1[C@H](C)[C@@H]1C[C@@](O)(NC(=O)O1)[C@H](OC)/C=C/C=C(\C)C2. The molecule has 9 N–H and O–H groups in total. The van der Waals surface area contributed by atoms with Gasteiger partial charge in [0.1, 0.15) is 53.4 Å². The number of primary amides is 1. The minimum atomic E-state index is -1.89. The molecule has 2 aromatic carbocycles. The van der Waals surface area contributed by atoms with Gasteiger partial charge in [0, 0.05) is 45.8 Å². The summed E-state index contributed by atoms with van der Waals surface area (Å²) in [6.07, 6.45) is -0.154. The Bertz CT molecular complexity index is 2460. The van der Waals surface area contributed by atoms with Crippen LogP contribution in [0.1, 0.15) is 78.4 Å². The van der Waals surface area contributed by atoms with E-state index < -0.39 is 108 Å². The Morgan fingerprint density at radius 3 is 2.41 bits per heavy atom. The van der Waals surface area contributed by atoms with Crippen molar-refractivity contribution in [2.24, 2.45) is 23.3 Å². The molecule has 4 bridgehead atoms. The van der Waals surface area contributed by atoms with Crippen molar-refractivity contribution in [1.82, 2.24) is 20.9 Å². The number of ether oxygens (including phenoxy) is 6. The van der Waals surface area contributed by atoms with Crippen LogP contribution in [0.25, 0.3) is 0 Å². The molecule has 7 amide bonds. The number of methoxy groups -OCH3 is 2. The van der Waals surface area contributed by atoms with Crippen LogP contribution >= 0.6 is 11.6 Å². The number of likely N-dealkylation sites (N-methyl/N-ethyl adjacent to an activating group) is 1. The van der Waals surface area contributed by atoms with Gasteiger partial charge < -0.3 is 65.8 Å². The number of benzene rings is 2. The third-order valence-electron chi connectivity index (χ3n) is 13.6. The van der Waals surface area contributed by atoms with E-state index in [9.17, 15) is 38.7 Å². The number of nitrogens with one attached hydrogen (secondary N) is 4. The average molecular weight is 1060 g/mol. The van der Waals surface area contributed by atoms with Crippen LogP contribution < -0.4 is 42.4 Å². The number of halogens is 1.